The fraction of sp³-hybridized carbons (Fsp3) is 0.769. The topological polar surface area (TPSA) is 50.1 Å². The number of aromatic nitrogens is 2. The second-order valence-electron chi connectivity index (χ2n) is 5.14. The van der Waals surface area contributed by atoms with Crippen molar-refractivity contribution < 1.29 is 5.11 Å². The van der Waals surface area contributed by atoms with Crippen molar-refractivity contribution in [1.29, 1.82) is 0 Å². The van der Waals surface area contributed by atoms with Gasteiger partial charge < -0.3 is 10.4 Å². The molecule has 2 atom stereocenters. The minimum Gasteiger partial charge on any atom is -0.394 e. The number of rotatable bonds is 6. The number of aliphatic hydroxyl groups excluding tert-OH is 1. The van der Waals surface area contributed by atoms with Gasteiger partial charge in [0.15, 0.2) is 0 Å². The molecule has 1 aliphatic carbocycles. The van der Waals surface area contributed by atoms with Gasteiger partial charge in [0.05, 0.1) is 12.8 Å². The fourth-order valence-electron chi connectivity index (χ4n) is 2.97. The standard InChI is InChI=1S/C13H23N3OS/c1-14-13(10-17)6-3-4-11(13)5-7-18-12-8-15-16(2)9-12/h8-9,11,14,17H,3-7,10H2,1-2H3. The van der Waals surface area contributed by atoms with Crippen molar-refractivity contribution in [3.05, 3.63) is 12.4 Å². The van der Waals surface area contributed by atoms with Gasteiger partial charge in [0.1, 0.15) is 0 Å². The number of nitrogens with zero attached hydrogens (tertiary/aromatic N) is 2. The first kappa shape index (κ1) is 13.9. The average Bonchev–Trinajstić information content (AvgIpc) is 2.97. The Morgan fingerprint density at radius 3 is 3.11 bits per heavy atom. The lowest BCUT2D eigenvalue weighted by Gasteiger charge is -2.33. The largest absolute Gasteiger partial charge is 0.394 e. The van der Waals surface area contributed by atoms with E-state index in [-0.39, 0.29) is 12.1 Å². The SMILES string of the molecule is CNC1(CO)CCCC1CCSc1cnn(C)c1. The van der Waals surface area contributed by atoms with Crippen LogP contribution in [0.1, 0.15) is 25.7 Å². The van der Waals surface area contributed by atoms with Gasteiger partial charge in [-0.05, 0) is 38.0 Å². The van der Waals surface area contributed by atoms with Crippen LogP contribution in [0.15, 0.2) is 17.3 Å². The van der Waals surface area contributed by atoms with Crippen LogP contribution in [0, 0.1) is 5.92 Å². The summed E-state index contributed by atoms with van der Waals surface area (Å²) >= 11 is 1.86. The molecule has 1 aromatic rings. The predicted octanol–water partition coefficient (Wildman–Crippen LogP) is 1.65. The Morgan fingerprint density at radius 2 is 2.50 bits per heavy atom. The first-order chi connectivity index (χ1) is 8.70. The van der Waals surface area contributed by atoms with E-state index in [1.807, 2.05) is 36.7 Å². The summed E-state index contributed by atoms with van der Waals surface area (Å²) in [7, 11) is 3.92. The highest BCUT2D eigenvalue weighted by Gasteiger charge is 2.40. The molecule has 2 N–H and O–H groups in total. The summed E-state index contributed by atoms with van der Waals surface area (Å²) < 4.78 is 1.84. The van der Waals surface area contributed by atoms with Gasteiger partial charge in [0.25, 0.3) is 0 Å². The molecule has 0 aliphatic heterocycles. The Hall–Kier alpha value is -0.520. The third kappa shape index (κ3) is 2.90. The van der Waals surface area contributed by atoms with E-state index in [0.29, 0.717) is 5.92 Å². The Morgan fingerprint density at radius 1 is 1.67 bits per heavy atom. The number of aliphatic hydroxyl groups is 1. The van der Waals surface area contributed by atoms with Crippen molar-refractivity contribution in [3.63, 3.8) is 0 Å². The molecular formula is C13H23N3OS. The average molecular weight is 269 g/mol. The quantitative estimate of drug-likeness (QED) is 0.771. The second-order valence-corrected chi connectivity index (χ2v) is 6.31. The highest BCUT2D eigenvalue weighted by Crippen LogP contribution is 2.38. The summed E-state index contributed by atoms with van der Waals surface area (Å²) in [5.41, 5.74) is -0.0322. The molecule has 0 aromatic carbocycles. The third-order valence-corrected chi connectivity index (χ3v) is 5.14. The maximum Gasteiger partial charge on any atom is 0.0625 e. The number of aryl methyl sites for hydroxylation is 1. The number of nitrogens with one attached hydrogen (secondary N) is 1. The van der Waals surface area contributed by atoms with Gasteiger partial charge in [0, 0.05) is 23.7 Å². The highest BCUT2D eigenvalue weighted by atomic mass is 32.2. The van der Waals surface area contributed by atoms with Gasteiger partial charge in [-0.25, -0.2) is 0 Å². The summed E-state index contributed by atoms with van der Waals surface area (Å²) in [6.07, 6.45) is 8.68. The number of hydrogen-bond donors (Lipinski definition) is 2. The van der Waals surface area contributed by atoms with Crippen molar-refractivity contribution in [3.8, 4) is 0 Å². The fourth-order valence-corrected chi connectivity index (χ4v) is 3.96. The van der Waals surface area contributed by atoms with Crippen molar-refractivity contribution in [1.82, 2.24) is 15.1 Å². The summed E-state index contributed by atoms with van der Waals surface area (Å²) in [5, 5.41) is 17.1. The molecule has 1 saturated carbocycles. The summed E-state index contributed by atoms with van der Waals surface area (Å²) in [6.45, 7) is 0.256. The molecule has 0 spiro atoms. The normalized spacial score (nSPS) is 27.8. The van der Waals surface area contributed by atoms with E-state index in [9.17, 15) is 5.11 Å². The summed E-state index contributed by atoms with van der Waals surface area (Å²) in [4.78, 5) is 1.23. The maximum atomic E-state index is 9.62. The molecule has 1 heterocycles. The van der Waals surface area contributed by atoms with Crippen molar-refractivity contribution in [2.45, 2.75) is 36.1 Å². The molecule has 4 nitrogen and oxygen atoms in total. The van der Waals surface area contributed by atoms with E-state index in [2.05, 4.69) is 16.6 Å². The van der Waals surface area contributed by atoms with E-state index >= 15 is 0 Å². The van der Waals surface area contributed by atoms with Gasteiger partial charge in [-0.2, -0.15) is 5.10 Å². The molecule has 0 saturated heterocycles. The molecule has 18 heavy (non-hydrogen) atoms. The van der Waals surface area contributed by atoms with E-state index < -0.39 is 0 Å². The van der Waals surface area contributed by atoms with Crippen LogP contribution in [-0.2, 0) is 7.05 Å². The van der Waals surface area contributed by atoms with Crippen LogP contribution in [0.4, 0.5) is 0 Å². The highest BCUT2D eigenvalue weighted by molar-refractivity contribution is 7.99. The van der Waals surface area contributed by atoms with Crippen LogP contribution in [0.5, 0.6) is 0 Å². The van der Waals surface area contributed by atoms with Crippen LogP contribution < -0.4 is 5.32 Å². The predicted molar refractivity (Wildman–Crippen MR) is 74.8 cm³/mol. The maximum absolute atomic E-state index is 9.62. The van der Waals surface area contributed by atoms with Gasteiger partial charge >= 0.3 is 0 Å². The zero-order chi connectivity index (χ0) is 13.0. The van der Waals surface area contributed by atoms with Crippen LogP contribution >= 0.6 is 11.8 Å². The molecule has 0 radical (unpaired) electrons. The Labute approximate surface area is 113 Å². The lowest BCUT2D eigenvalue weighted by molar-refractivity contribution is 0.130. The van der Waals surface area contributed by atoms with Crippen LogP contribution in [0.3, 0.4) is 0 Å². The van der Waals surface area contributed by atoms with E-state index in [1.165, 1.54) is 17.7 Å². The number of likely N-dealkylation sites (N-methyl/N-ethyl adjacent to an activating group) is 1. The van der Waals surface area contributed by atoms with Gasteiger partial charge in [0.2, 0.25) is 0 Å². The Balaban J connectivity index is 1.82. The molecule has 5 heteroatoms. The van der Waals surface area contributed by atoms with Gasteiger partial charge in [-0.1, -0.05) is 6.42 Å². The zero-order valence-electron chi connectivity index (χ0n) is 11.2. The lowest BCUT2D eigenvalue weighted by atomic mass is 9.86. The van der Waals surface area contributed by atoms with Crippen LogP contribution in [0.25, 0.3) is 0 Å². The molecule has 1 aromatic heterocycles. The molecule has 0 bridgehead atoms. The van der Waals surface area contributed by atoms with Crippen LogP contribution in [-0.4, -0.2) is 39.8 Å². The molecule has 1 aliphatic rings. The molecule has 1 fully saturated rings. The summed E-state index contributed by atoms with van der Waals surface area (Å²) in [5.74, 6) is 1.69. The van der Waals surface area contributed by atoms with Crippen LogP contribution in [0.2, 0.25) is 0 Å². The lowest BCUT2D eigenvalue weighted by Crippen LogP contribution is -2.49. The van der Waals surface area contributed by atoms with Crippen molar-refractivity contribution in [2.24, 2.45) is 13.0 Å². The van der Waals surface area contributed by atoms with Gasteiger partial charge in [-0.3, -0.25) is 4.68 Å². The van der Waals surface area contributed by atoms with Crippen molar-refractivity contribution in [2.75, 3.05) is 19.4 Å². The first-order valence-electron chi connectivity index (χ1n) is 6.61. The molecule has 102 valence electrons. The molecule has 0 amide bonds. The van der Waals surface area contributed by atoms with Gasteiger partial charge in [-0.15, -0.1) is 11.8 Å². The Bertz CT molecular complexity index is 376. The van der Waals surface area contributed by atoms with E-state index in [1.54, 1.807) is 0 Å². The number of thioether (sulfide) groups is 1. The summed E-state index contributed by atoms with van der Waals surface area (Å²) in [6, 6.07) is 0. The van der Waals surface area contributed by atoms with Crippen molar-refractivity contribution >= 4 is 11.8 Å². The molecular weight excluding hydrogens is 246 g/mol. The smallest absolute Gasteiger partial charge is 0.0625 e. The minimum absolute atomic E-state index is 0.0322. The first-order valence-corrected chi connectivity index (χ1v) is 7.60. The molecule has 2 rings (SSSR count). The number of hydrogen-bond acceptors (Lipinski definition) is 4. The monoisotopic (exact) mass is 269 g/mol. The van der Waals surface area contributed by atoms with E-state index in [4.69, 9.17) is 0 Å². The Kier molecular flexibility index (Phi) is 4.70. The van der Waals surface area contributed by atoms with E-state index in [0.717, 1.165) is 18.6 Å². The second kappa shape index (κ2) is 6.08. The molecule has 2 unspecified atom stereocenters. The minimum atomic E-state index is -0.0322. The third-order valence-electron chi connectivity index (χ3n) is 4.15. The zero-order valence-corrected chi connectivity index (χ0v) is 12.0.